The van der Waals surface area contributed by atoms with E-state index in [0.717, 1.165) is 34.0 Å². The van der Waals surface area contributed by atoms with E-state index in [-0.39, 0.29) is 0 Å². The average molecular weight is 261 g/mol. The van der Waals surface area contributed by atoms with Crippen molar-refractivity contribution in [1.82, 2.24) is 9.78 Å². The lowest BCUT2D eigenvalue weighted by Crippen LogP contribution is -2.03. The summed E-state index contributed by atoms with van der Waals surface area (Å²) in [5.74, 6) is 1.59. The Morgan fingerprint density at radius 1 is 1.16 bits per heavy atom. The van der Waals surface area contributed by atoms with Gasteiger partial charge in [-0.2, -0.15) is 5.10 Å². The van der Waals surface area contributed by atoms with Crippen LogP contribution in [-0.2, 0) is 13.6 Å². The number of hydrogen-bond acceptors (Lipinski definition) is 4. The summed E-state index contributed by atoms with van der Waals surface area (Å²) < 4.78 is 12.6. The zero-order valence-corrected chi connectivity index (χ0v) is 11.7. The monoisotopic (exact) mass is 261 g/mol. The highest BCUT2D eigenvalue weighted by Gasteiger charge is 2.14. The molecule has 102 valence electrons. The van der Waals surface area contributed by atoms with Gasteiger partial charge in [-0.05, 0) is 30.7 Å². The van der Waals surface area contributed by atoms with Crippen LogP contribution >= 0.6 is 0 Å². The molecule has 2 N–H and O–H groups in total. The molecule has 0 unspecified atom stereocenters. The summed E-state index contributed by atoms with van der Waals surface area (Å²) in [7, 11) is 5.18. The van der Waals surface area contributed by atoms with Crippen LogP contribution in [0.3, 0.4) is 0 Å². The molecule has 19 heavy (non-hydrogen) atoms. The summed E-state index contributed by atoms with van der Waals surface area (Å²) in [6, 6.07) is 5.86. The smallest absolute Gasteiger partial charge is 0.128 e. The Kier molecular flexibility index (Phi) is 3.76. The first-order valence-corrected chi connectivity index (χ1v) is 6.06. The van der Waals surface area contributed by atoms with E-state index in [4.69, 9.17) is 15.2 Å². The Hall–Kier alpha value is -2.01. The average Bonchev–Trinajstić information content (AvgIpc) is 2.79. The third-order valence-corrected chi connectivity index (χ3v) is 3.18. The summed E-state index contributed by atoms with van der Waals surface area (Å²) >= 11 is 0. The standard InChI is InChI=1S/C14H19N3O2/c1-9-5-14(19-4)11(7-13(9)18-3)12-6-10(8-15)17(2)16-12/h5-7H,8,15H2,1-4H3. The number of nitrogens with two attached hydrogens (primary N) is 1. The minimum Gasteiger partial charge on any atom is -0.496 e. The highest BCUT2D eigenvalue weighted by atomic mass is 16.5. The fourth-order valence-corrected chi connectivity index (χ4v) is 2.08. The number of rotatable bonds is 4. The molecule has 1 aromatic carbocycles. The Bertz CT molecular complexity index is 591. The number of aryl methyl sites for hydroxylation is 2. The fraction of sp³-hybridized carbons (Fsp3) is 0.357. The summed E-state index contributed by atoms with van der Waals surface area (Å²) in [5, 5.41) is 4.47. The lowest BCUT2D eigenvalue weighted by molar-refractivity contribution is 0.401. The molecule has 0 saturated carbocycles. The summed E-state index contributed by atoms with van der Waals surface area (Å²) in [6.45, 7) is 2.43. The van der Waals surface area contributed by atoms with Crippen LogP contribution in [0, 0.1) is 6.92 Å². The topological polar surface area (TPSA) is 62.3 Å². The van der Waals surface area contributed by atoms with Gasteiger partial charge in [0.2, 0.25) is 0 Å². The van der Waals surface area contributed by atoms with E-state index in [1.807, 2.05) is 32.2 Å². The van der Waals surface area contributed by atoms with Crippen molar-refractivity contribution < 1.29 is 9.47 Å². The molecule has 0 saturated heterocycles. The third-order valence-electron chi connectivity index (χ3n) is 3.18. The second-order valence-corrected chi connectivity index (χ2v) is 4.37. The zero-order chi connectivity index (χ0) is 14.0. The van der Waals surface area contributed by atoms with Gasteiger partial charge in [0.15, 0.2) is 0 Å². The van der Waals surface area contributed by atoms with Crippen LogP contribution in [0.2, 0.25) is 0 Å². The van der Waals surface area contributed by atoms with Crippen LogP contribution < -0.4 is 15.2 Å². The minimum atomic E-state index is 0.453. The highest BCUT2D eigenvalue weighted by Crippen LogP contribution is 2.35. The Labute approximate surface area is 112 Å². The maximum Gasteiger partial charge on any atom is 0.128 e. The van der Waals surface area contributed by atoms with Crippen molar-refractivity contribution in [3.63, 3.8) is 0 Å². The Morgan fingerprint density at radius 3 is 2.37 bits per heavy atom. The van der Waals surface area contributed by atoms with Crippen molar-refractivity contribution in [3.8, 4) is 22.8 Å². The number of aromatic nitrogens is 2. The molecule has 0 fully saturated rings. The van der Waals surface area contributed by atoms with Crippen molar-refractivity contribution in [2.75, 3.05) is 14.2 Å². The van der Waals surface area contributed by atoms with E-state index in [1.54, 1.807) is 18.9 Å². The molecule has 0 bridgehead atoms. The molecule has 0 atom stereocenters. The zero-order valence-electron chi connectivity index (χ0n) is 11.7. The van der Waals surface area contributed by atoms with E-state index in [1.165, 1.54) is 0 Å². The van der Waals surface area contributed by atoms with Gasteiger partial charge < -0.3 is 15.2 Å². The molecule has 0 amide bonds. The molecule has 5 heteroatoms. The number of nitrogens with zero attached hydrogens (tertiary/aromatic N) is 2. The van der Waals surface area contributed by atoms with Crippen molar-refractivity contribution >= 4 is 0 Å². The first-order valence-electron chi connectivity index (χ1n) is 6.06. The molecule has 0 spiro atoms. The molecular weight excluding hydrogens is 242 g/mol. The van der Waals surface area contributed by atoms with Gasteiger partial charge in [-0.25, -0.2) is 0 Å². The number of ether oxygens (including phenoxy) is 2. The summed E-state index contributed by atoms with van der Waals surface area (Å²) in [4.78, 5) is 0. The molecule has 0 aliphatic rings. The largest absolute Gasteiger partial charge is 0.496 e. The van der Waals surface area contributed by atoms with Crippen molar-refractivity contribution in [1.29, 1.82) is 0 Å². The number of methoxy groups -OCH3 is 2. The molecule has 2 rings (SSSR count). The molecule has 0 radical (unpaired) electrons. The maximum absolute atomic E-state index is 5.68. The van der Waals surface area contributed by atoms with Gasteiger partial charge in [-0.1, -0.05) is 0 Å². The molecular formula is C14H19N3O2. The Morgan fingerprint density at radius 2 is 1.84 bits per heavy atom. The van der Waals surface area contributed by atoms with Gasteiger partial charge in [0, 0.05) is 19.2 Å². The molecule has 1 heterocycles. The van der Waals surface area contributed by atoms with Gasteiger partial charge >= 0.3 is 0 Å². The lowest BCUT2D eigenvalue weighted by atomic mass is 10.1. The second-order valence-electron chi connectivity index (χ2n) is 4.37. The van der Waals surface area contributed by atoms with Gasteiger partial charge in [-0.15, -0.1) is 0 Å². The first-order chi connectivity index (χ1) is 9.10. The van der Waals surface area contributed by atoms with Crippen molar-refractivity contribution in [3.05, 3.63) is 29.5 Å². The van der Waals surface area contributed by atoms with E-state index in [2.05, 4.69) is 5.10 Å². The Balaban J connectivity index is 2.58. The SMILES string of the molecule is COc1cc(-c2cc(CN)n(C)n2)c(OC)cc1C. The molecule has 0 aliphatic carbocycles. The first kappa shape index (κ1) is 13.4. The minimum absolute atomic E-state index is 0.453. The van der Waals surface area contributed by atoms with Gasteiger partial charge in [0.25, 0.3) is 0 Å². The molecule has 5 nitrogen and oxygen atoms in total. The predicted octanol–water partition coefficient (Wildman–Crippen LogP) is 1.87. The van der Waals surface area contributed by atoms with Crippen molar-refractivity contribution in [2.45, 2.75) is 13.5 Å². The molecule has 0 aliphatic heterocycles. The van der Waals surface area contributed by atoms with E-state index in [9.17, 15) is 0 Å². The highest BCUT2D eigenvalue weighted by molar-refractivity contribution is 5.70. The maximum atomic E-state index is 5.68. The summed E-state index contributed by atoms with van der Waals surface area (Å²) in [5.41, 5.74) is 9.41. The fourth-order valence-electron chi connectivity index (χ4n) is 2.08. The molecule has 1 aromatic heterocycles. The predicted molar refractivity (Wildman–Crippen MR) is 74.4 cm³/mol. The second kappa shape index (κ2) is 5.32. The third kappa shape index (κ3) is 2.42. The van der Waals surface area contributed by atoms with E-state index >= 15 is 0 Å². The normalized spacial score (nSPS) is 10.6. The van der Waals surface area contributed by atoms with Crippen LogP contribution in [0.5, 0.6) is 11.5 Å². The summed E-state index contributed by atoms with van der Waals surface area (Å²) in [6.07, 6.45) is 0. The number of hydrogen-bond donors (Lipinski definition) is 1. The van der Waals surface area contributed by atoms with Crippen LogP contribution in [0.4, 0.5) is 0 Å². The van der Waals surface area contributed by atoms with Gasteiger partial charge in [0.1, 0.15) is 11.5 Å². The van der Waals surface area contributed by atoms with E-state index in [0.29, 0.717) is 6.54 Å². The van der Waals surface area contributed by atoms with Gasteiger partial charge in [-0.3, -0.25) is 4.68 Å². The van der Waals surface area contributed by atoms with Crippen LogP contribution in [-0.4, -0.2) is 24.0 Å². The van der Waals surface area contributed by atoms with Crippen LogP contribution in [0.15, 0.2) is 18.2 Å². The van der Waals surface area contributed by atoms with Crippen LogP contribution in [0.1, 0.15) is 11.3 Å². The number of benzene rings is 1. The lowest BCUT2D eigenvalue weighted by Gasteiger charge is -2.11. The molecule has 2 aromatic rings. The van der Waals surface area contributed by atoms with E-state index < -0.39 is 0 Å². The quantitative estimate of drug-likeness (QED) is 0.912. The van der Waals surface area contributed by atoms with Gasteiger partial charge in [0.05, 0.1) is 25.6 Å². The van der Waals surface area contributed by atoms with Crippen molar-refractivity contribution in [2.24, 2.45) is 12.8 Å². The van der Waals surface area contributed by atoms with Crippen LogP contribution in [0.25, 0.3) is 11.3 Å².